The van der Waals surface area contributed by atoms with Crippen LogP contribution in [0.25, 0.3) is 0 Å². The van der Waals surface area contributed by atoms with Crippen molar-refractivity contribution in [3.63, 3.8) is 0 Å². The van der Waals surface area contributed by atoms with Gasteiger partial charge in [-0.2, -0.15) is 0 Å². The predicted octanol–water partition coefficient (Wildman–Crippen LogP) is 1.69. The standard InChI is InChI=1S/C23H31N5O4/c1-17-5-4-8-19(13-17)32-15-21(29)27-11-9-23(31,10-12-27)16-28-14-20(25-26-28)22(30)24-18-6-2-3-7-18/h4-5,8,13-14,18,31H,2-3,6-7,9-12,15-16H2,1H3,(H,24,30). The average Bonchev–Trinajstić information content (AvgIpc) is 3.44. The van der Waals surface area contributed by atoms with Crippen LogP contribution in [0.15, 0.2) is 30.5 Å². The average molecular weight is 442 g/mol. The predicted molar refractivity (Wildman–Crippen MR) is 117 cm³/mol. The van der Waals surface area contributed by atoms with Crippen molar-refractivity contribution < 1.29 is 19.4 Å². The second-order valence-electron chi connectivity index (χ2n) is 8.97. The number of carbonyl (C=O) groups is 2. The number of hydrogen-bond donors (Lipinski definition) is 2. The molecule has 1 aromatic carbocycles. The summed E-state index contributed by atoms with van der Waals surface area (Å²) in [5.74, 6) is 0.357. The molecule has 1 saturated carbocycles. The molecule has 0 atom stereocenters. The highest BCUT2D eigenvalue weighted by Crippen LogP contribution is 2.24. The molecular weight excluding hydrogens is 410 g/mol. The maximum atomic E-state index is 12.5. The second-order valence-corrected chi connectivity index (χ2v) is 8.97. The van der Waals surface area contributed by atoms with Gasteiger partial charge in [0, 0.05) is 19.1 Å². The van der Waals surface area contributed by atoms with Crippen molar-refractivity contribution in [1.82, 2.24) is 25.2 Å². The number of benzene rings is 1. The minimum atomic E-state index is -0.999. The summed E-state index contributed by atoms with van der Waals surface area (Å²) in [5.41, 5.74) is 0.341. The molecular formula is C23H31N5O4. The summed E-state index contributed by atoms with van der Waals surface area (Å²) in [6.07, 6.45) is 6.72. The molecule has 0 bridgehead atoms. The number of aryl methyl sites for hydroxylation is 1. The van der Waals surface area contributed by atoms with Crippen LogP contribution in [0.2, 0.25) is 0 Å². The Balaban J connectivity index is 1.24. The smallest absolute Gasteiger partial charge is 0.273 e. The number of piperidine rings is 1. The number of hydrogen-bond acceptors (Lipinski definition) is 6. The number of likely N-dealkylation sites (tertiary alicyclic amines) is 1. The molecule has 9 nitrogen and oxygen atoms in total. The molecule has 0 radical (unpaired) electrons. The van der Waals surface area contributed by atoms with Crippen LogP contribution in [0.3, 0.4) is 0 Å². The van der Waals surface area contributed by atoms with Gasteiger partial charge in [-0.05, 0) is 50.3 Å². The highest BCUT2D eigenvalue weighted by molar-refractivity contribution is 5.92. The Bertz CT molecular complexity index is 945. The van der Waals surface area contributed by atoms with Crippen LogP contribution in [0.1, 0.15) is 54.6 Å². The summed E-state index contributed by atoms with van der Waals surface area (Å²) < 4.78 is 7.12. The topological polar surface area (TPSA) is 110 Å². The Hall–Kier alpha value is -2.94. The fourth-order valence-electron chi connectivity index (χ4n) is 4.38. The number of ether oxygens (including phenoxy) is 1. The van der Waals surface area contributed by atoms with Crippen LogP contribution in [0.4, 0.5) is 0 Å². The van der Waals surface area contributed by atoms with Crippen molar-refractivity contribution in [2.24, 2.45) is 0 Å². The fourth-order valence-corrected chi connectivity index (χ4v) is 4.38. The molecule has 172 valence electrons. The third-order valence-corrected chi connectivity index (χ3v) is 6.32. The summed E-state index contributed by atoms with van der Waals surface area (Å²) in [6, 6.07) is 7.80. The van der Waals surface area contributed by atoms with Crippen LogP contribution in [0, 0.1) is 6.92 Å². The third kappa shape index (κ3) is 5.64. The van der Waals surface area contributed by atoms with E-state index in [1.54, 1.807) is 11.1 Å². The van der Waals surface area contributed by atoms with E-state index in [4.69, 9.17) is 4.74 Å². The van der Waals surface area contributed by atoms with Crippen molar-refractivity contribution in [2.45, 2.75) is 63.6 Å². The van der Waals surface area contributed by atoms with E-state index >= 15 is 0 Å². The maximum Gasteiger partial charge on any atom is 0.273 e. The lowest BCUT2D eigenvalue weighted by molar-refractivity contribution is -0.138. The van der Waals surface area contributed by atoms with E-state index in [1.807, 2.05) is 31.2 Å². The SMILES string of the molecule is Cc1cccc(OCC(=O)N2CCC(O)(Cn3cc(C(=O)NC4CCCC4)nn3)CC2)c1. The Morgan fingerprint density at radius 1 is 1.25 bits per heavy atom. The lowest BCUT2D eigenvalue weighted by Gasteiger charge is -2.37. The van der Waals surface area contributed by atoms with E-state index < -0.39 is 5.60 Å². The molecule has 2 amide bonds. The number of nitrogens with zero attached hydrogens (tertiary/aromatic N) is 4. The molecule has 32 heavy (non-hydrogen) atoms. The molecule has 4 rings (SSSR count). The summed E-state index contributed by atoms with van der Waals surface area (Å²) in [4.78, 5) is 26.5. The highest BCUT2D eigenvalue weighted by atomic mass is 16.5. The van der Waals surface area contributed by atoms with E-state index in [2.05, 4.69) is 15.6 Å². The van der Waals surface area contributed by atoms with E-state index in [9.17, 15) is 14.7 Å². The van der Waals surface area contributed by atoms with Gasteiger partial charge in [0.15, 0.2) is 12.3 Å². The maximum absolute atomic E-state index is 12.5. The first kappa shape index (κ1) is 22.3. The summed E-state index contributed by atoms with van der Waals surface area (Å²) in [7, 11) is 0. The zero-order valence-corrected chi connectivity index (χ0v) is 18.5. The van der Waals surface area contributed by atoms with Crippen molar-refractivity contribution in [3.8, 4) is 5.75 Å². The molecule has 0 spiro atoms. The zero-order valence-electron chi connectivity index (χ0n) is 18.5. The Morgan fingerprint density at radius 3 is 2.72 bits per heavy atom. The van der Waals surface area contributed by atoms with Crippen LogP contribution < -0.4 is 10.1 Å². The molecule has 1 saturated heterocycles. The summed E-state index contributed by atoms with van der Waals surface area (Å²) in [5, 5.41) is 22.0. The number of aliphatic hydroxyl groups is 1. The molecule has 1 aliphatic carbocycles. The summed E-state index contributed by atoms with van der Waals surface area (Å²) in [6.45, 7) is 3.07. The monoisotopic (exact) mass is 441 g/mol. The molecule has 1 aromatic heterocycles. The first-order chi connectivity index (χ1) is 15.4. The number of nitrogens with one attached hydrogen (secondary N) is 1. The molecule has 9 heteroatoms. The third-order valence-electron chi connectivity index (χ3n) is 6.32. The van der Waals surface area contributed by atoms with Gasteiger partial charge < -0.3 is 20.1 Å². The van der Waals surface area contributed by atoms with Crippen molar-refractivity contribution in [2.75, 3.05) is 19.7 Å². The number of carbonyl (C=O) groups excluding carboxylic acids is 2. The lowest BCUT2D eigenvalue weighted by Crippen LogP contribution is -2.49. The Kier molecular flexibility index (Phi) is 6.74. The Labute approximate surface area is 187 Å². The van der Waals surface area contributed by atoms with E-state index in [0.717, 1.165) is 31.2 Å². The van der Waals surface area contributed by atoms with Crippen molar-refractivity contribution >= 4 is 11.8 Å². The van der Waals surface area contributed by atoms with Gasteiger partial charge in [-0.1, -0.05) is 30.2 Å². The second kappa shape index (κ2) is 9.68. The minimum Gasteiger partial charge on any atom is -0.484 e. The lowest BCUT2D eigenvalue weighted by atomic mass is 9.91. The minimum absolute atomic E-state index is 0.0234. The van der Waals surface area contributed by atoms with E-state index in [1.165, 1.54) is 4.68 Å². The van der Waals surface area contributed by atoms with Crippen molar-refractivity contribution in [1.29, 1.82) is 0 Å². The number of aromatic nitrogens is 3. The van der Waals surface area contributed by atoms with Gasteiger partial charge in [0.2, 0.25) is 0 Å². The van der Waals surface area contributed by atoms with Crippen LogP contribution in [0.5, 0.6) is 5.75 Å². The quantitative estimate of drug-likeness (QED) is 0.677. The van der Waals surface area contributed by atoms with Gasteiger partial charge in [-0.15, -0.1) is 5.10 Å². The zero-order chi connectivity index (χ0) is 22.6. The summed E-state index contributed by atoms with van der Waals surface area (Å²) >= 11 is 0. The first-order valence-corrected chi connectivity index (χ1v) is 11.3. The van der Waals surface area contributed by atoms with Gasteiger partial charge >= 0.3 is 0 Å². The first-order valence-electron chi connectivity index (χ1n) is 11.3. The number of rotatable bonds is 7. The van der Waals surface area contributed by atoms with E-state index in [0.29, 0.717) is 31.7 Å². The van der Waals surface area contributed by atoms with Crippen LogP contribution in [-0.2, 0) is 11.3 Å². The highest BCUT2D eigenvalue weighted by Gasteiger charge is 2.35. The van der Waals surface area contributed by atoms with Gasteiger partial charge in [0.25, 0.3) is 11.8 Å². The molecule has 2 aliphatic rings. The molecule has 2 fully saturated rings. The van der Waals surface area contributed by atoms with Gasteiger partial charge in [-0.3, -0.25) is 9.59 Å². The number of amides is 2. The molecule has 2 aromatic rings. The molecule has 2 heterocycles. The van der Waals surface area contributed by atoms with Crippen LogP contribution >= 0.6 is 0 Å². The largest absolute Gasteiger partial charge is 0.484 e. The molecule has 1 aliphatic heterocycles. The van der Waals surface area contributed by atoms with Gasteiger partial charge in [-0.25, -0.2) is 4.68 Å². The molecule has 0 unspecified atom stereocenters. The van der Waals surface area contributed by atoms with Gasteiger partial charge in [0.1, 0.15) is 5.75 Å². The van der Waals surface area contributed by atoms with Crippen LogP contribution in [-0.4, -0.2) is 68.2 Å². The van der Waals surface area contributed by atoms with Gasteiger partial charge in [0.05, 0.1) is 18.3 Å². The van der Waals surface area contributed by atoms with Crippen molar-refractivity contribution in [3.05, 3.63) is 41.7 Å². The molecule has 2 N–H and O–H groups in total. The van der Waals surface area contributed by atoms with E-state index in [-0.39, 0.29) is 36.7 Å². The Morgan fingerprint density at radius 2 is 2.00 bits per heavy atom. The normalized spacial score (nSPS) is 18.5. The fraction of sp³-hybridized carbons (Fsp3) is 0.565.